The molecule has 2 aromatic heterocycles. The Kier molecular flexibility index (Phi) is 4.64. The van der Waals surface area contributed by atoms with Gasteiger partial charge in [0.15, 0.2) is 5.65 Å². The van der Waals surface area contributed by atoms with Gasteiger partial charge in [0.25, 0.3) is 5.56 Å². The third-order valence-corrected chi connectivity index (χ3v) is 10.1. The van der Waals surface area contributed by atoms with E-state index in [4.69, 9.17) is 0 Å². The topological polar surface area (TPSA) is 110 Å². The van der Waals surface area contributed by atoms with Crippen LogP contribution in [0.3, 0.4) is 0 Å². The van der Waals surface area contributed by atoms with E-state index in [1.165, 1.54) is 18.2 Å². The number of aromatic amines is 1. The average molecular weight is 470 g/mol. The molecule has 0 saturated heterocycles. The minimum atomic E-state index is -0.473. The number of H-pyrrole nitrogens is 1. The van der Waals surface area contributed by atoms with Gasteiger partial charge in [-0.2, -0.15) is 0 Å². The smallest absolute Gasteiger partial charge is 0.330 e. The van der Waals surface area contributed by atoms with Crippen molar-refractivity contribution in [3.8, 4) is 0 Å². The summed E-state index contributed by atoms with van der Waals surface area (Å²) in [4.78, 5) is 50.1. The number of fused-ring (bicyclic) bond motifs is 3. The van der Waals surface area contributed by atoms with E-state index in [9.17, 15) is 14.4 Å². The van der Waals surface area contributed by atoms with Crippen molar-refractivity contribution in [2.75, 3.05) is 5.75 Å². The molecule has 4 fully saturated rings. The van der Waals surface area contributed by atoms with Gasteiger partial charge in [0.2, 0.25) is 5.91 Å². The molecule has 1 amide bonds. The zero-order chi connectivity index (χ0) is 23.1. The Bertz CT molecular complexity index is 1280. The number of nitrogens with zero attached hydrogens (tertiary/aromatic N) is 3. The second-order valence-electron chi connectivity index (χ2n) is 11.2. The van der Waals surface area contributed by atoms with E-state index < -0.39 is 11.2 Å². The van der Waals surface area contributed by atoms with Crippen molar-refractivity contribution in [1.29, 1.82) is 0 Å². The predicted molar refractivity (Wildman–Crippen MR) is 127 cm³/mol. The van der Waals surface area contributed by atoms with Gasteiger partial charge in [0.05, 0.1) is 5.75 Å². The Labute approximate surface area is 196 Å². The maximum Gasteiger partial charge on any atom is 0.330 e. The van der Waals surface area contributed by atoms with Gasteiger partial charge >= 0.3 is 5.69 Å². The zero-order valence-electron chi connectivity index (χ0n) is 19.4. The Morgan fingerprint density at radius 2 is 1.91 bits per heavy atom. The van der Waals surface area contributed by atoms with Crippen LogP contribution in [0.4, 0.5) is 0 Å². The molecule has 0 radical (unpaired) electrons. The van der Waals surface area contributed by atoms with Crippen molar-refractivity contribution < 1.29 is 4.79 Å². The van der Waals surface area contributed by atoms with Crippen LogP contribution in [0, 0.1) is 16.7 Å². The molecule has 2 heterocycles. The molecule has 3 atom stereocenters. The van der Waals surface area contributed by atoms with Gasteiger partial charge in [-0.3, -0.25) is 19.1 Å². The SMILES string of the molecule is CC1(C)C2CCC1(C)C(NC(=O)CSc1nc(C3CC3)nc3c1c(=O)[nH]c(=O)n3C1CC1)C2. The molecule has 33 heavy (non-hydrogen) atoms. The van der Waals surface area contributed by atoms with Crippen LogP contribution in [0.1, 0.15) is 83.5 Å². The summed E-state index contributed by atoms with van der Waals surface area (Å²) in [5.74, 6) is 1.79. The number of amides is 1. The molecule has 2 aromatic rings. The number of carbonyl (C=O) groups is 1. The lowest BCUT2D eigenvalue weighted by atomic mass is 9.69. The second-order valence-corrected chi connectivity index (χ2v) is 12.2. The van der Waals surface area contributed by atoms with Crippen molar-refractivity contribution in [2.45, 2.75) is 88.7 Å². The van der Waals surface area contributed by atoms with Gasteiger partial charge in [-0.05, 0) is 61.7 Å². The highest BCUT2D eigenvalue weighted by Crippen LogP contribution is 2.65. The maximum atomic E-state index is 13.0. The predicted octanol–water partition coefficient (Wildman–Crippen LogP) is 3.12. The monoisotopic (exact) mass is 469 g/mol. The first-order valence-electron chi connectivity index (χ1n) is 12.2. The molecule has 2 N–H and O–H groups in total. The minimum absolute atomic E-state index is 0.0266. The first-order chi connectivity index (χ1) is 15.7. The van der Waals surface area contributed by atoms with E-state index >= 15 is 0 Å². The summed E-state index contributed by atoms with van der Waals surface area (Å²) in [6.45, 7) is 6.99. The summed E-state index contributed by atoms with van der Waals surface area (Å²) in [6.07, 6.45) is 7.29. The van der Waals surface area contributed by atoms with Crippen molar-refractivity contribution in [2.24, 2.45) is 16.7 Å². The van der Waals surface area contributed by atoms with Crippen LogP contribution in [-0.2, 0) is 4.79 Å². The molecule has 176 valence electrons. The third kappa shape index (κ3) is 3.29. The lowest BCUT2D eigenvalue weighted by Crippen LogP contribution is -2.47. The number of rotatable bonds is 6. The molecule has 4 aliphatic carbocycles. The van der Waals surface area contributed by atoms with E-state index in [2.05, 4.69) is 41.0 Å². The molecule has 4 aliphatic rings. The second kappa shape index (κ2) is 7.17. The number of thioether (sulfide) groups is 1. The minimum Gasteiger partial charge on any atom is -0.352 e. The quantitative estimate of drug-likeness (QED) is 0.497. The van der Waals surface area contributed by atoms with Gasteiger partial charge < -0.3 is 5.32 Å². The van der Waals surface area contributed by atoms with Crippen molar-refractivity contribution in [3.05, 3.63) is 26.7 Å². The molecular weight excluding hydrogens is 438 g/mol. The van der Waals surface area contributed by atoms with Crippen LogP contribution in [0.15, 0.2) is 14.6 Å². The largest absolute Gasteiger partial charge is 0.352 e. The molecule has 0 spiro atoms. The molecular formula is C24H31N5O3S. The van der Waals surface area contributed by atoms with Crippen molar-refractivity contribution in [3.63, 3.8) is 0 Å². The first kappa shape index (κ1) is 21.4. The molecule has 4 saturated carbocycles. The average Bonchev–Trinajstić information content (AvgIpc) is 3.66. The molecule has 0 aliphatic heterocycles. The molecule has 9 heteroatoms. The van der Waals surface area contributed by atoms with Crippen molar-refractivity contribution in [1.82, 2.24) is 24.8 Å². The van der Waals surface area contributed by atoms with Crippen LogP contribution in [-0.4, -0.2) is 37.2 Å². The van der Waals surface area contributed by atoms with E-state index in [1.54, 1.807) is 4.57 Å². The zero-order valence-corrected chi connectivity index (χ0v) is 20.3. The standard InChI is InChI=1S/C24H31N5O3S/c1-23(2)13-8-9-24(23,3)15(10-13)25-16(30)11-33-21-17-19(26-18(27-21)12-4-5-12)29(14-6-7-14)22(32)28-20(17)31/h12-15H,4-11H2,1-3H3,(H,25,30)(H,28,31,32). The van der Waals surface area contributed by atoms with Crippen LogP contribution >= 0.6 is 11.8 Å². The lowest BCUT2D eigenvalue weighted by molar-refractivity contribution is -0.120. The highest BCUT2D eigenvalue weighted by Gasteiger charge is 2.61. The van der Waals surface area contributed by atoms with Crippen LogP contribution in [0.25, 0.3) is 11.0 Å². The van der Waals surface area contributed by atoms with E-state index in [1.807, 2.05) is 0 Å². The number of carbonyl (C=O) groups excluding carboxylic acids is 1. The van der Waals surface area contributed by atoms with Gasteiger partial charge in [-0.15, -0.1) is 0 Å². The number of aromatic nitrogens is 4. The number of nitrogens with one attached hydrogen (secondary N) is 2. The fourth-order valence-corrected chi connectivity index (χ4v) is 7.06. The summed E-state index contributed by atoms with van der Waals surface area (Å²) < 4.78 is 1.62. The van der Waals surface area contributed by atoms with E-state index in [0.717, 1.165) is 38.5 Å². The van der Waals surface area contributed by atoms with Gasteiger partial charge in [0.1, 0.15) is 16.2 Å². The first-order valence-corrected chi connectivity index (χ1v) is 13.2. The Hall–Kier alpha value is -2.16. The molecule has 0 aromatic carbocycles. The van der Waals surface area contributed by atoms with Crippen molar-refractivity contribution >= 4 is 28.7 Å². The lowest BCUT2D eigenvalue weighted by Gasteiger charge is -2.39. The summed E-state index contributed by atoms with van der Waals surface area (Å²) in [5, 5.41) is 4.13. The third-order valence-electron chi connectivity index (χ3n) is 9.09. The summed E-state index contributed by atoms with van der Waals surface area (Å²) in [6, 6.07) is 0.272. The Balaban J connectivity index is 1.28. The summed E-state index contributed by atoms with van der Waals surface area (Å²) in [7, 11) is 0. The van der Waals surface area contributed by atoms with Gasteiger partial charge in [-0.1, -0.05) is 32.5 Å². The maximum absolute atomic E-state index is 13.0. The number of hydrogen-bond donors (Lipinski definition) is 2. The fourth-order valence-electron chi connectivity index (χ4n) is 6.23. The summed E-state index contributed by atoms with van der Waals surface area (Å²) in [5.41, 5.74) is -0.0972. The van der Waals surface area contributed by atoms with Gasteiger partial charge in [-0.25, -0.2) is 14.8 Å². The van der Waals surface area contributed by atoms with E-state index in [-0.39, 0.29) is 40.5 Å². The fraction of sp³-hybridized carbons (Fsp3) is 0.708. The molecule has 2 bridgehead atoms. The van der Waals surface area contributed by atoms with E-state index in [0.29, 0.717) is 27.8 Å². The van der Waals surface area contributed by atoms with Crippen LogP contribution in [0.2, 0.25) is 0 Å². The molecule has 6 rings (SSSR count). The Morgan fingerprint density at radius 3 is 2.52 bits per heavy atom. The highest BCUT2D eigenvalue weighted by molar-refractivity contribution is 8.00. The molecule has 8 nitrogen and oxygen atoms in total. The van der Waals surface area contributed by atoms with Crippen LogP contribution in [0.5, 0.6) is 0 Å². The Morgan fingerprint density at radius 1 is 1.15 bits per heavy atom. The summed E-state index contributed by atoms with van der Waals surface area (Å²) >= 11 is 1.28. The van der Waals surface area contributed by atoms with Gasteiger partial charge in [0, 0.05) is 18.0 Å². The highest BCUT2D eigenvalue weighted by atomic mass is 32.2. The molecule has 3 unspecified atom stereocenters. The number of hydrogen-bond acceptors (Lipinski definition) is 6. The normalized spacial score (nSPS) is 30.2. The van der Waals surface area contributed by atoms with Crippen LogP contribution < -0.4 is 16.6 Å².